The molecule has 2 aromatic rings. The van der Waals surface area contributed by atoms with E-state index in [-0.39, 0.29) is 6.04 Å². The lowest BCUT2D eigenvalue weighted by Crippen LogP contribution is -2.21. The highest BCUT2D eigenvalue weighted by Crippen LogP contribution is 2.16. The molecule has 1 heterocycles. The molecule has 0 aliphatic heterocycles. The highest BCUT2D eigenvalue weighted by molar-refractivity contribution is 7.92. The Hall–Kier alpha value is -1.86. The van der Waals surface area contributed by atoms with Crippen LogP contribution >= 0.6 is 0 Å². The van der Waals surface area contributed by atoms with Gasteiger partial charge in [-0.15, -0.1) is 0 Å². The minimum absolute atomic E-state index is 0.213. The second-order valence-corrected chi connectivity index (χ2v) is 7.04. The van der Waals surface area contributed by atoms with Crippen molar-refractivity contribution in [2.45, 2.75) is 25.9 Å². The summed E-state index contributed by atoms with van der Waals surface area (Å²) in [4.78, 5) is 0. The van der Waals surface area contributed by atoms with E-state index in [2.05, 4.69) is 22.1 Å². The number of aryl methyl sites for hydroxylation is 1. The number of nitrogens with one attached hydrogen (secondary N) is 2. The zero-order valence-corrected chi connectivity index (χ0v) is 13.7. The van der Waals surface area contributed by atoms with Crippen LogP contribution in [-0.2, 0) is 16.6 Å². The monoisotopic (exact) mass is 322 g/mol. The quantitative estimate of drug-likeness (QED) is 0.729. The lowest BCUT2D eigenvalue weighted by atomic mass is 10.1. The number of benzene rings is 1. The Morgan fingerprint density at radius 2 is 2.00 bits per heavy atom. The zero-order valence-electron chi connectivity index (χ0n) is 12.9. The molecule has 2 rings (SSSR count). The first-order valence-electron chi connectivity index (χ1n) is 7.22. The molecule has 7 heteroatoms. The van der Waals surface area contributed by atoms with Crippen LogP contribution in [-0.4, -0.2) is 31.0 Å². The van der Waals surface area contributed by atoms with E-state index in [1.54, 1.807) is 18.3 Å². The summed E-state index contributed by atoms with van der Waals surface area (Å²) in [6.45, 7) is 3.88. The Kier molecular flexibility index (Phi) is 5.57. The topological polar surface area (TPSA) is 76.0 Å². The minimum Gasteiger partial charge on any atom is -0.310 e. The predicted molar refractivity (Wildman–Crippen MR) is 88.2 cm³/mol. The summed E-state index contributed by atoms with van der Waals surface area (Å²) >= 11 is 0. The van der Waals surface area contributed by atoms with Gasteiger partial charge in [-0.25, -0.2) is 8.42 Å². The number of aromatic nitrogens is 2. The molecule has 0 radical (unpaired) electrons. The Labute approximate surface area is 131 Å². The molecular formula is C15H22N4O2S. The fraction of sp³-hybridized carbons (Fsp3) is 0.400. The molecule has 1 aromatic carbocycles. The lowest BCUT2D eigenvalue weighted by Gasteiger charge is -2.15. The van der Waals surface area contributed by atoms with Crippen LogP contribution < -0.4 is 10.0 Å². The Morgan fingerprint density at radius 3 is 2.59 bits per heavy atom. The largest absolute Gasteiger partial charge is 0.310 e. The third-order valence-corrected chi connectivity index (χ3v) is 3.89. The van der Waals surface area contributed by atoms with Gasteiger partial charge in [0, 0.05) is 30.7 Å². The van der Waals surface area contributed by atoms with Crippen molar-refractivity contribution < 1.29 is 8.42 Å². The fourth-order valence-electron chi connectivity index (χ4n) is 2.16. The van der Waals surface area contributed by atoms with Crippen LogP contribution in [0, 0.1) is 0 Å². The molecular weight excluding hydrogens is 300 g/mol. The van der Waals surface area contributed by atoms with E-state index >= 15 is 0 Å². The van der Waals surface area contributed by atoms with Crippen LogP contribution in [0.1, 0.15) is 24.9 Å². The average Bonchev–Trinajstić information content (AvgIpc) is 2.95. The van der Waals surface area contributed by atoms with Crippen LogP contribution in [0.3, 0.4) is 0 Å². The van der Waals surface area contributed by atoms with E-state index in [0.29, 0.717) is 5.69 Å². The molecule has 0 saturated carbocycles. The molecule has 6 nitrogen and oxygen atoms in total. The third kappa shape index (κ3) is 5.50. The highest BCUT2D eigenvalue weighted by atomic mass is 32.2. The molecule has 22 heavy (non-hydrogen) atoms. The van der Waals surface area contributed by atoms with Gasteiger partial charge in [-0.05, 0) is 43.7 Å². The van der Waals surface area contributed by atoms with Crippen molar-refractivity contribution in [2.75, 3.05) is 17.5 Å². The molecule has 1 aromatic heterocycles. The van der Waals surface area contributed by atoms with Gasteiger partial charge in [0.1, 0.15) is 0 Å². The first-order valence-corrected chi connectivity index (χ1v) is 9.12. The van der Waals surface area contributed by atoms with Gasteiger partial charge in [-0.3, -0.25) is 9.40 Å². The van der Waals surface area contributed by atoms with Gasteiger partial charge in [0.05, 0.1) is 6.26 Å². The Bertz CT molecular complexity index is 666. The van der Waals surface area contributed by atoms with Crippen molar-refractivity contribution in [3.8, 4) is 0 Å². The molecule has 2 N–H and O–H groups in total. The normalized spacial score (nSPS) is 13.0. The van der Waals surface area contributed by atoms with E-state index in [4.69, 9.17) is 0 Å². The van der Waals surface area contributed by atoms with Crippen LogP contribution in [0.15, 0.2) is 42.7 Å². The van der Waals surface area contributed by atoms with Gasteiger partial charge in [-0.1, -0.05) is 12.1 Å². The molecule has 0 amide bonds. The Balaban J connectivity index is 1.78. The van der Waals surface area contributed by atoms with Crippen molar-refractivity contribution >= 4 is 15.7 Å². The molecule has 1 unspecified atom stereocenters. The molecule has 0 aliphatic rings. The van der Waals surface area contributed by atoms with E-state index in [9.17, 15) is 8.42 Å². The fourth-order valence-corrected chi connectivity index (χ4v) is 2.73. The highest BCUT2D eigenvalue weighted by Gasteiger charge is 2.06. The van der Waals surface area contributed by atoms with Crippen molar-refractivity contribution in [1.82, 2.24) is 15.1 Å². The van der Waals surface area contributed by atoms with Crippen LogP contribution in [0.4, 0.5) is 5.69 Å². The summed E-state index contributed by atoms with van der Waals surface area (Å²) < 4.78 is 26.7. The summed E-state index contributed by atoms with van der Waals surface area (Å²) in [5.41, 5.74) is 1.70. The van der Waals surface area contributed by atoms with E-state index in [0.717, 1.165) is 31.3 Å². The smallest absolute Gasteiger partial charge is 0.229 e. The summed E-state index contributed by atoms with van der Waals surface area (Å²) in [6, 6.07) is 9.54. The van der Waals surface area contributed by atoms with Crippen LogP contribution in [0.2, 0.25) is 0 Å². The summed E-state index contributed by atoms with van der Waals surface area (Å²) in [6.07, 6.45) is 5.88. The maximum atomic E-state index is 11.2. The van der Waals surface area contributed by atoms with E-state index < -0.39 is 10.0 Å². The molecule has 0 aliphatic carbocycles. The Morgan fingerprint density at radius 1 is 1.27 bits per heavy atom. The molecule has 0 fully saturated rings. The third-order valence-electron chi connectivity index (χ3n) is 3.29. The van der Waals surface area contributed by atoms with Crippen LogP contribution in [0.25, 0.3) is 0 Å². The molecule has 0 saturated heterocycles. The summed E-state index contributed by atoms with van der Waals surface area (Å²) in [5.74, 6) is 0. The minimum atomic E-state index is -3.22. The van der Waals surface area contributed by atoms with Gasteiger partial charge in [-0.2, -0.15) is 5.10 Å². The number of nitrogens with zero attached hydrogens (tertiary/aromatic N) is 2. The van der Waals surface area contributed by atoms with Gasteiger partial charge in [0.25, 0.3) is 0 Å². The maximum absolute atomic E-state index is 11.2. The molecule has 0 bridgehead atoms. The molecule has 1 atom stereocenters. The number of hydrogen-bond acceptors (Lipinski definition) is 4. The predicted octanol–water partition coefficient (Wildman–Crippen LogP) is 2.00. The standard InChI is InChI=1S/C15H22N4O2S/c1-13(16-9-3-11-19-12-4-10-17-19)14-5-7-15(8-6-14)18-22(2,20)21/h4-8,10,12-13,16,18H,3,9,11H2,1-2H3. The lowest BCUT2D eigenvalue weighted by molar-refractivity contribution is 0.507. The number of sulfonamides is 1. The average molecular weight is 322 g/mol. The zero-order chi connectivity index (χ0) is 16.0. The van der Waals surface area contributed by atoms with Crippen molar-refractivity contribution in [3.63, 3.8) is 0 Å². The molecule has 120 valence electrons. The van der Waals surface area contributed by atoms with Gasteiger partial charge < -0.3 is 5.32 Å². The second kappa shape index (κ2) is 7.42. The SMILES string of the molecule is CC(NCCCn1cccn1)c1ccc(NS(C)(=O)=O)cc1. The van der Waals surface area contributed by atoms with E-state index in [1.165, 1.54) is 0 Å². The van der Waals surface area contributed by atoms with Crippen molar-refractivity contribution in [1.29, 1.82) is 0 Å². The first-order chi connectivity index (χ1) is 10.4. The first kappa shape index (κ1) is 16.5. The summed E-state index contributed by atoms with van der Waals surface area (Å²) in [7, 11) is -3.22. The summed E-state index contributed by atoms with van der Waals surface area (Å²) in [5, 5.41) is 7.61. The van der Waals surface area contributed by atoms with Crippen LogP contribution in [0.5, 0.6) is 0 Å². The number of hydrogen-bond donors (Lipinski definition) is 2. The van der Waals surface area contributed by atoms with Gasteiger partial charge >= 0.3 is 0 Å². The second-order valence-electron chi connectivity index (χ2n) is 5.29. The number of anilines is 1. The van der Waals surface area contributed by atoms with Gasteiger partial charge in [0.2, 0.25) is 10.0 Å². The van der Waals surface area contributed by atoms with E-state index in [1.807, 2.05) is 29.1 Å². The van der Waals surface area contributed by atoms with Gasteiger partial charge in [0.15, 0.2) is 0 Å². The van der Waals surface area contributed by atoms with Crippen molar-refractivity contribution in [3.05, 3.63) is 48.3 Å². The number of rotatable bonds is 8. The molecule has 0 spiro atoms. The van der Waals surface area contributed by atoms with Crippen molar-refractivity contribution in [2.24, 2.45) is 0 Å². The maximum Gasteiger partial charge on any atom is 0.229 e.